The van der Waals surface area contributed by atoms with Crippen molar-refractivity contribution in [2.24, 2.45) is 0 Å². The van der Waals surface area contributed by atoms with Gasteiger partial charge < -0.3 is 10.4 Å². The number of nitrogens with zero attached hydrogens (tertiary/aromatic N) is 3. The van der Waals surface area contributed by atoms with Crippen molar-refractivity contribution in [3.05, 3.63) is 11.3 Å². The van der Waals surface area contributed by atoms with Gasteiger partial charge in [-0.15, -0.1) is 5.10 Å². The molecule has 0 aliphatic rings. The smallest absolute Gasteiger partial charge is 0.339 e. The first kappa shape index (κ1) is 10.7. The lowest BCUT2D eigenvalue weighted by Gasteiger charge is -2.09. The normalized spacial score (nSPS) is 10.6. The fourth-order valence-electron chi connectivity index (χ4n) is 1.53. The van der Waals surface area contributed by atoms with E-state index in [2.05, 4.69) is 19.9 Å². The number of rotatable bonds is 3. The van der Waals surface area contributed by atoms with Gasteiger partial charge in [-0.05, 0) is 13.8 Å². The minimum Gasteiger partial charge on any atom is -0.478 e. The van der Waals surface area contributed by atoms with E-state index in [4.69, 9.17) is 5.11 Å². The van der Waals surface area contributed by atoms with Crippen LogP contribution in [0.4, 0.5) is 5.69 Å². The maximum atomic E-state index is 11.2. The highest BCUT2D eigenvalue weighted by atomic mass is 32.1. The molecule has 6 nitrogen and oxygen atoms in total. The summed E-state index contributed by atoms with van der Waals surface area (Å²) in [7, 11) is 0. The van der Waals surface area contributed by atoms with Crippen molar-refractivity contribution in [2.75, 3.05) is 11.9 Å². The monoisotopic (exact) mass is 238 g/mol. The number of carboxylic acid groups (broad SMARTS) is 1. The second-order valence-electron chi connectivity index (χ2n) is 3.21. The van der Waals surface area contributed by atoms with Gasteiger partial charge in [0.25, 0.3) is 0 Å². The third-order valence-electron chi connectivity index (χ3n) is 2.16. The third kappa shape index (κ3) is 1.58. The SMILES string of the molecule is CCNc1c(C(=O)O)c(C)nc2snnc12. The van der Waals surface area contributed by atoms with Crippen molar-refractivity contribution in [1.29, 1.82) is 0 Å². The van der Waals surface area contributed by atoms with Gasteiger partial charge in [-0.25, -0.2) is 9.78 Å². The Morgan fingerprint density at radius 3 is 2.94 bits per heavy atom. The Balaban J connectivity index is 2.79. The van der Waals surface area contributed by atoms with Crippen molar-refractivity contribution in [1.82, 2.24) is 14.6 Å². The fraction of sp³-hybridized carbons (Fsp3) is 0.333. The lowest BCUT2D eigenvalue weighted by atomic mass is 10.1. The van der Waals surface area contributed by atoms with Crippen LogP contribution in [0.5, 0.6) is 0 Å². The van der Waals surface area contributed by atoms with Gasteiger partial charge in [-0.3, -0.25) is 0 Å². The fourth-order valence-corrected chi connectivity index (χ4v) is 2.14. The van der Waals surface area contributed by atoms with Gasteiger partial charge in [0.1, 0.15) is 11.1 Å². The van der Waals surface area contributed by atoms with Crippen LogP contribution < -0.4 is 5.32 Å². The van der Waals surface area contributed by atoms with Gasteiger partial charge in [0.15, 0.2) is 4.83 Å². The van der Waals surface area contributed by atoms with E-state index in [9.17, 15) is 4.79 Å². The van der Waals surface area contributed by atoms with Crippen LogP contribution in [0.25, 0.3) is 10.3 Å². The summed E-state index contributed by atoms with van der Waals surface area (Å²) in [4.78, 5) is 16.0. The number of nitrogens with one attached hydrogen (secondary N) is 1. The van der Waals surface area contributed by atoms with E-state index in [0.29, 0.717) is 28.3 Å². The summed E-state index contributed by atoms with van der Waals surface area (Å²) >= 11 is 1.16. The number of pyridine rings is 1. The molecule has 0 fully saturated rings. The molecule has 0 unspecified atom stereocenters. The lowest BCUT2D eigenvalue weighted by Crippen LogP contribution is -2.09. The van der Waals surface area contributed by atoms with Gasteiger partial charge in [-0.1, -0.05) is 4.49 Å². The first-order valence-corrected chi connectivity index (χ1v) is 5.52. The number of aromatic nitrogens is 3. The molecule has 7 heteroatoms. The van der Waals surface area contributed by atoms with Crippen molar-refractivity contribution in [3.8, 4) is 0 Å². The van der Waals surface area contributed by atoms with Gasteiger partial charge in [0.05, 0.1) is 11.4 Å². The molecule has 0 saturated carbocycles. The number of hydrogen-bond donors (Lipinski definition) is 2. The molecule has 0 aliphatic carbocycles. The van der Waals surface area contributed by atoms with E-state index in [1.807, 2.05) is 6.92 Å². The highest BCUT2D eigenvalue weighted by Gasteiger charge is 2.19. The molecular weight excluding hydrogens is 228 g/mol. The Morgan fingerprint density at radius 2 is 2.31 bits per heavy atom. The van der Waals surface area contributed by atoms with Crippen LogP contribution in [0.1, 0.15) is 23.0 Å². The molecule has 0 aliphatic heterocycles. The largest absolute Gasteiger partial charge is 0.478 e. The van der Waals surface area contributed by atoms with Crippen LogP contribution >= 0.6 is 11.5 Å². The van der Waals surface area contributed by atoms with E-state index in [-0.39, 0.29) is 5.56 Å². The Kier molecular flexibility index (Phi) is 2.69. The summed E-state index contributed by atoms with van der Waals surface area (Å²) in [5, 5.41) is 16.1. The number of fused-ring (bicyclic) bond motifs is 1. The number of aromatic carboxylic acids is 1. The summed E-state index contributed by atoms with van der Waals surface area (Å²) in [6, 6.07) is 0. The average Bonchev–Trinajstić information content (AvgIpc) is 2.64. The quantitative estimate of drug-likeness (QED) is 0.843. The lowest BCUT2D eigenvalue weighted by molar-refractivity contribution is 0.0697. The first-order chi connectivity index (χ1) is 7.65. The van der Waals surface area contributed by atoms with Crippen LogP contribution in [-0.2, 0) is 0 Å². The Bertz CT molecular complexity index is 552. The third-order valence-corrected chi connectivity index (χ3v) is 2.78. The molecule has 2 aromatic heterocycles. The standard InChI is InChI=1S/C9H10N4O2S/c1-3-10-6-5(9(14)15)4(2)11-8-7(6)12-13-16-8/h3H2,1-2H3,(H,10,11)(H,14,15). The molecule has 0 aromatic carbocycles. The molecule has 2 rings (SSSR count). The van der Waals surface area contributed by atoms with Crippen molar-refractivity contribution in [2.45, 2.75) is 13.8 Å². The molecule has 0 spiro atoms. The van der Waals surface area contributed by atoms with Crippen LogP contribution in [0.15, 0.2) is 0 Å². The number of carbonyl (C=O) groups is 1. The van der Waals surface area contributed by atoms with Gasteiger partial charge in [0, 0.05) is 18.1 Å². The molecule has 0 bridgehead atoms. The molecule has 2 heterocycles. The molecule has 2 N–H and O–H groups in total. The number of hydrogen-bond acceptors (Lipinski definition) is 6. The van der Waals surface area contributed by atoms with Crippen molar-refractivity contribution in [3.63, 3.8) is 0 Å². The molecule has 84 valence electrons. The highest BCUT2D eigenvalue weighted by molar-refractivity contribution is 7.12. The topological polar surface area (TPSA) is 88.0 Å². The molecule has 0 radical (unpaired) electrons. The molecule has 0 saturated heterocycles. The second kappa shape index (κ2) is 4.01. The zero-order valence-corrected chi connectivity index (χ0v) is 9.63. The van der Waals surface area contributed by atoms with Crippen LogP contribution in [0, 0.1) is 6.92 Å². The summed E-state index contributed by atoms with van der Waals surface area (Å²) in [5.74, 6) is -1.00. The maximum absolute atomic E-state index is 11.2. The van der Waals surface area contributed by atoms with E-state index < -0.39 is 5.97 Å². The molecule has 0 amide bonds. The minimum atomic E-state index is -1.00. The zero-order chi connectivity index (χ0) is 11.7. The van der Waals surface area contributed by atoms with Crippen LogP contribution in [0.2, 0.25) is 0 Å². The predicted octanol–water partition coefficient (Wildman–Crippen LogP) is 1.52. The summed E-state index contributed by atoms with van der Waals surface area (Å²) in [6.07, 6.45) is 0. The maximum Gasteiger partial charge on any atom is 0.339 e. The summed E-state index contributed by atoms with van der Waals surface area (Å²) < 4.78 is 3.78. The van der Waals surface area contributed by atoms with Crippen LogP contribution in [-0.4, -0.2) is 32.2 Å². The predicted molar refractivity (Wildman–Crippen MR) is 61.1 cm³/mol. The Hall–Kier alpha value is -1.76. The second-order valence-corrected chi connectivity index (χ2v) is 3.94. The molecule has 2 aromatic rings. The summed E-state index contributed by atoms with van der Waals surface area (Å²) in [5.41, 5.74) is 1.67. The van der Waals surface area contributed by atoms with E-state index in [1.54, 1.807) is 6.92 Å². The minimum absolute atomic E-state index is 0.169. The van der Waals surface area contributed by atoms with Crippen LogP contribution in [0.3, 0.4) is 0 Å². The van der Waals surface area contributed by atoms with Gasteiger partial charge >= 0.3 is 5.97 Å². The first-order valence-electron chi connectivity index (χ1n) is 4.75. The number of aryl methyl sites for hydroxylation is 1. The average molecular weight is 238 g/mol. The van der Waals surface area contributed by atoms with Gasteiger partial charge in [0.2, 0.25) is 0 Å². The van der Waals surface area contributed by atoms with Gasteiger partial charge in [-0.2, -0.15) is 0 Å². The Morgan fingerprint density at radius 1 is 1.56 bits per heavy atom. The molecule has 0 atom stereocenters. The van der Waals surface area contributed by atoms with E-state index in [0.717, 1.165) is 11.5 Å². The van der Waals surface area contributed by atoms with E-state index >= 15 is 0 Å². The zero-order valence-electron chi connectivity index (χ0n) is 8.81. The molecular formula is C9H10N4O2S. The Labute approximate surface area is 95.5 Å². The summed E-state index contributed by atoms with van der Waals surface area (Å²) in [6.45, 7) is 4.19. The number of carboxylic acids is 1. The highest BCUT2D eigenvalue weighted by Crippen LogP contribution is 2.28. The number of anilines is 1. The molecule has 16 heavy (non-hydrogen) atoms. The van der Waals surface area contributed by atoms with Crippen molar-refractivity contribution >= 4 is 33.5 Å². The van der Waals surface area contributed by atoms with E-state index in [1.165, 1.54) is 0 Å². The van der Waals surface area contributed by atoms with Crippen molar-refractivity contribution < 1.29 is 9.90 Å².